The van der Waals surface area contributed by atoms with E-state index < -0.39 is 0 Å². The van der Waals surface area contributed by atoms with E-state index in [9.17, 15) is 0 Å². The van der Waals surface area contributed by atoms with Crippen LogP contribution < -0.4 is 9.47 Å². The number of aliphatic hydroxyl groups excluding tert-OH is 1. The van der Waals surface area contributed by atoms with Crippen LogP contribution in [0.25, 0.3) is 0 Å². The third kappa shape index (κ3) is 0.914. The van der Waals surface area contributed by atoms with Gasteiger partial charge in [-0.15, -0.1) is 0 Å². The van der Waals surface area contributed by atoms with E-state index in [4.69, 9.17) is 14.6 Å². The first-order valence-electron chi connectivity index (χ1n) is 3.26. The first-order chi connectivity index (χ1) is 5.42. The van der Waals surface area contributed by atoms with Crippen LogP contribution in [0.15, 0.2) is 12.3 Å². The largest absolute Gasteiger partial charge is 0.453 e. The second-order valence-corrected chi connectivity index (χ2v) is 2.15. The Labute approximate surface area is 63.4 Å². The van der Waals surface area contributed by atoms with Crippen molar-refractivity contribution in [2.24, 2.45) is 0 Å². The summed E-state index contributed by atoms with van der Waals surface area (Å²) in [6, 6.07) is 1.71. The molecular formula is C7H7NO3. The summed E-state index contributed by atoms with van der Waals surface area (Å²) < 4.78 is 10.1. The lowest BCUT2D eigenvalue weighted by Gasteiger charge is -1.98. The molecule has 1 aromatic heterocycles. The predicted molar refractivity (Wildman–Crippen MR) is 36.3 cm³/mol. The van der Waals surface area contributed by atoms with Gasteiger partial charge in [-0.1, -0.05) is 0 Å². The van der Waals surface area contributed by atoms with Crippen molar-refractivity contribution >= 4 is 0 Å². The Morgan fingerprint density at radius 3 is 3.27 bits per heavy atom. The fourth-order valence-corrected chi connectivity index (χ4v) is 1.00. The number of nitrogens with zero attached hydrogens (tertiary/aromatic N) is 1. The SMILES string of the molecule is OCc1nccc2c1OCO2. The van der Waals surface area contributed by atoms with Crippen molar-refractivity contribution in [3.8, 4) is 11.5 Å². The molecule has 1 aromatic rings. The number of fused-ring (bicyclic) bond motifs is 1. The lowest BCUT2D eigenvalue weighted by atomic mass is 10.3. The fourth-order valence-electron chi connectivity index (χ4n) is 1.00. The molecule has 0 radical (unpaired) electrons. The highest BCUT2D eigenvalue weighted by Gasteiger charge is 2.17. The highest BCUT2D eigenvalue weighted by atomic mass is 16.7. The second kappa shape index (κ2) is 2.39. The van der Waals surface area contributed by atoms with Crippen LogP contribution in [0.2, 0.25) is 0 Å². The van der Waals surface area contributed by atoms with Gasteiger partial charge in [0.15, 0.2) is 11.5 Å². The number of rotatable bonds is 1. The molecule has 0 amide bonds. The molecule has 0 bridgehead atoms. The van der Waals surface area contributed by atoms with Gasteiger partial charge in [-0.2, -0.15) is 0 Å². The molecule has 0 atom stereocenters. The average molecular weight is 153 g/mol. The summed E-state index contributed by atoms with van der Waals surface area (Å²) in [5, 5.41) is 8.80. The first kappa shape index (κ1) is 6.42. The summed E-state index contributed by atoms with van der Waals surface area (Å²) in [5.41, 5.74) is 0.528. The van der Waals surface area contributed by atoms with Gasteiger partial charge in [-0.25, -0.2) is 0 Å². The van der Waals surface area contributed by atoms with Crippen LogP contribution in [0.3, 0.4) is 0 Å². The summed E-state index contributed by atoms with van der Waals surface area (Å²) in [5.74, 6) is 1.22. The molecule has 0 saturated carbocycles. The van der Waals surface area contributed by atoms with Crippen molar-refractivity contribution < 1.29 is 14.6 Å². The first-order valence-corrected chi connectivity index (χ1v) is 3.26. The Balaban J connectivity index is 2.50. The Morgan fingerprint density at radius 1 is 1.55 bits per heavy atom. The quantitative estimate of drug-likeness (QED) is 0.630. The van der Waals surface area contributed by atoms with E-state index in [1.54, 1.807) is 12.3 Å². The molecule has 0 fully saturated rings. The molecule has 0 aromatic carbocycles. The van der Waals surface area contributed by atoms with Gasteiger partial charge in [-0.05, 0) is 0 Å². The Hall–Kier alpha value is -1.29. The fraction of sp³-hybridized carbons (Fsp3) is 0.286. The summed E-state index contributed by atoms with van der Waals surface area (Å²) in [7, 11) is 0. The van der Waals surface area contributed by atoms with E-state index >= 15 is 0 Å². The van der Waals surface area contributed by atoms with Crippen molar-refractivity contribution in [2.45, 2.75) is 6.61 Å². The Bertz CT molecular complexity index is 274. The third-order valence-electron chi connectivity index (χ3n) is 1.51. The molecular weight excluding hydrogens is 146 g/mol. The average Bonchev–Trinajstić information content (AvgIpc) is 2.50. The molecule has 0 aliphatic carbocycles. The molecule has 0 spiro atoms. The third-order valence-corrected chi connectivity index (χ3v) is 1.51. The molecule has 0 saturated heterocycles. The van der Waals surface area contributed by atoms with Gasteiger partial charge < -0.3 is 14.6 Å². The maximum Gasteiger partial charge on any atom is 0.231 e. The highest BCUT2D eigenvalue weighted by Crippen LogP contribution is 2.33. The van der Waals surface area contributed by atoms with Crippen molar-refractivity contribution in [2.75, 3.05) is 6.79 Å². The van der Waals surface area contributed by atoms with Gasteiger partial charge in [0, 0.05) is 12.3 Å². The second-order valence-electron chi connectivity index (χ2n) is 2.15. The highest BCUT2D eigenvalue weighted by molar-refractivity contribution is 5.43. The number of hydrogen-bond acceptors (Lipinski definition) is 4. The molecule has 58 valence electrons. The molecule has 1 aliphatic rings. The Morgan fingerprint density at radius 2 is 2.45 bits per heavy atom. The van der Waals surface area contributed by atoms with Crippen molar-refractivity contribution in [3.05, 3.63) is 18.0 Å². The number of hydrogen-bond donors (Lipinski definition) is 1. The lowest BCUT2D eigenvalue weighted by Crippen LogP contribution is -1.95. The van der Waals surface area contributed by atoms with Crippen molar-refractivity contribution in [3.63, 3.8) is 0 Å². The van der Waals surface area contributed by atoms with E-state index in [1.165, 1.54) is 0 Å². The summed E-state index contributed by atoms with van der Waals surface area (Å²) >= 11 is 0. The summed E-state index contributed by atoms with van der Waals surface area (Å²) in [4.78, 5) is 3.91. The van der Waals surface area contributed by atoms with Crippen molar-refractivity contribution in [1.29, 1.82) is 0 Å². The van der Waals surface area contributed by atoms with Gasteiger partial charge in [0.1, 0.15) is 5.69 Å². The van der Waals surface area contributed by atoms with Crippen LogP contribution in [0, 0.1) is 0 Å². The zero-order valence-corrected chi connectivity index (χ0v) is 5.78. The lowest BCUT2D eigenvalue weighted by molar-refractivity contribution is 0.170. The van der Waals surface area contributed by atoms with Crippen LogP contribution in [-0.4, -0.2) is 16.9 Å². The molecule has 2 heterocycles. The van der Waals surface area contributed by atoms with Gasteiger partial charge >= 0.3 is 0 Å². The Kier molecular flexibility index (Phi) is 1.40. The van der Waals surface area contributed by atoms with E-state index in [2.05, 4.69) is 4.98 Å². The van der Waals surface area contributed by atoms with Gasteiger partial charge in [0.25, 0.3) is 0 Å². The number of aliphatic hydroxyl groups is 1. The van der Waals surface area contributed by atoms with Crippen LogP contribution in [-0.2, 0) is 6.61 Å². The molecule has 1 N–H and O–H groups in total. The van der Waals surface area contributed by atoms with Crippen LogP contribution >= 0.6 is 0 Å². The van der Waals surface area contributed by atoms with Crippen molar-refractivity contribution in [1.82, 2.24) is 4.98 Å². The minimum absolute atomic E-state index is 0.119. The normalized spacial score (nSPS) is 13.5. The van der Waals surface area contributed by atoms with Crippen LogP contribution in [0.1, 0.15) is 5.69 Å². The zero-order chi connectivity index (χ0) is 7.68. The van der Waals surface area contributed by atoms with E-state index in [0.717, 1.165) is 0 Å². The minimum atomic E-state index is -0.119. The maximum atomic E-state index is 8.80. The molecule has 4 nitrogen and oxygen atoms in total. The molecule has 0 unspecified atom stereocenters. The number of ether oxygens (including phenoxy) is 2. The number of pyridine rings is 1. The minimum Gasteiger partial charge on any atom is -0.453 e. The van der Waals surface area contributed by atoms with Gasteiger partial charge in [0.05, 0.1) is 6.61 Å². The summed E-state index contributed by atoms with van der Waals surface area (Å²) in [6.07, 6.45) is 1.58. The van der Waals surface area contributed by atoms with Gasteiger partial charge in [-0.3, -0.25) is 4.98 Å². The number of aromatic nitrogens is 1. The zero-order valence-electron chi connectivity index (χ0n) is 5.78. The van der Waals surface area contributed by atoms with Crippen LogP contribution in [0.4, 0.5) is 0 Å². The molecule has 11 heavy (non-hydrogen) atoms. The monoisotopic (exact) mass is 153 g/mol. The standard InChI is InChI=1S/C7H7NO3/c9-3-5-7-6(1-2-8-5)10-4-11-7/h1-2,9H,3-4H2. The van der Waals surface area contributed by atoms with Gasteiger partial charge in [0.2, 0.25) is 6.79 Å². The van der Waals surface area contributed by atoms with E-state index in [0.29, 0.717) is 17.2 Å². The molecule has 1 aliphatic heterocycles. The van der Waals surface area contributed by atoms with Crippen LogP contribution in [0.5, 0.6) is 11.5 Å². The molecule has 4 heteroatoms. The predicted octanol–water partition coefficient (Wildman–Crippen LogP) is 0.303. The smallest absolute Gasteiger partial charge is 0.231 e. The summed E-state index contributed by atoms with van der Waals surface area (Å²) in [6.45, 7) is 0.0978. The molecule has 2 rings (SSSR count). The maximum absolute atomic E-state index is 8.80. The topological polar surface area (TPSA) is 51.6 Å². The van der Waals surface area contributed by atoms with E-state index in [1.807, 2.05) is 0 Å². The van der Waals surface area contributed by atoms with E-state index in [-0.39, 0.29) is 13.4 Å².